The molecule has 0 unspecified atom stereocenters. The first-order valence-electron chi connectivity index (χ1n) is 7.83. The normalized spacial score (nSPS) is 42.3. The number of hydrogen-bond donors (Lipinski definition) is 1. The van der Waals surface area contributed by atoms with Crippen molar-refractivity contribution in [2.45, 2.75) is 65.0 Å². The highest BCUT2D eigenvalue weighted by Crippen LogP contribution is 2.65. The SMILES string of the molecule is CN1C(=O)CC[C@H]1C(=O)N[C@H]1C[C@H]2CC[C@@]1(C)C2(C)C. The van der Waals surface area contributed by atoms with Crippen molar-refractivity contribution in [3.63, 3.8) is 0 Å². The maximum Gasteiger partial charge on any atom is 0.243 e. The van der Waals surface area contributed by atoms with Crippen LogP contribution >= 0.6 is 0 Å². The first kappa shape index (κ1) is 13.9. The summed E-state index contributed by atoms with van der Waals surface area (Å²) < 4.78 is 0. The molecule has 1 heterocycles. The number of nitrogens with one attached hydrogen (secondary N) is 1. The highest BCUT2D eigenvalue weighted by Gasteiger charge is 2.61. The predicted octanol–water partition coefficient (Wildman–Crippen LogP) is 1.94. The van der Waals surface area contributed by atoms with Crippen LogP contribution in [0.4, 0.5) is 0 Å². The molecule has 0 radical (unpaired) electrons. The van der Waals surface area contributed by atoms with E-state index in [4.69, 9.17) is 0 Å². The molecule has 3 fully saturated rings. The lowest BCUT2D eigenvalue weighted by Crippen LogP contribution is -2.52. The van der Waals surface area contributed by atoms with Crippen LogP contribution in [0.1, 0.15) is 52.9 Å². The van der Waals surface area contributed by atoms with Gasteiger partial charge in [-0.25, -0.2) is 0 Å². The molecule has 0 aromatic carbocycles. The van der Waals surface area contributed by atoms with E-state index in [2.05, 4.69) is 26.1 Å². The smallest absolute Gasteiger partial charge is 0.243 e. The van der Waals surface area contributed by atoms with E-state index >= 15 is 0 Å². The molecule has 20 heavy (non-hydrogen) atoms. The van der Waals surface area contributed by atoms with Gasteiger partial charge in [0, 0.05) is 19.5 Å². The van der Waals surface area contributed by atoms with Crippen LogP contribution in [0, 0.1) is 16.7 Å². The molecule has 1 aliphatic heterocycles. The van der Waals surface area contributed by atoms with Crippen LogP contribution in [-0.4, -0.2) is 35.8 Å². The molecule has 1 N–H and O–H groups in total. The van der Waals surface area contributed by atoms with Gasteiger partial charge >= 0.3 is 0 Å². The van der Waals surface area contributed by atoms with E-state index < -0.39 is 0 Å². The summed E-state index contributed by atoms with van der Waals surface area (Å²) in [5, 5.41) is 3.27. The molecule has 0 spiro atoms. The lowest BCUT2D eigenvalue weighted by molar-refractivity contribution is -0.134. The summed E-state index contributed by atoms with van der Waals surface area (Å²) >= 11 is 0. The van der Waals surface area contributed by atoms with Gasteiger partial charge in [0.1, 0.15) is 6.04 Å². The van der Waals surface area contributed by atoms with E-state index in [-0.39, 0.29) is 29.3 Å². The minimum absolute atomic E-state index is 0.0490. The van der Waals surface area contributed by atoms with Crippen LogP contribution in [0.5, 0.6) is 0 Å². The minimum atomic E-state index is -0.256. The van der Waals surface area contributed by atoms with Crippen molar-refractivity contribution in [3.05, 3.63) is 0 Å². The Morgan fingerprint density at radius 1 is 1.30 bits per heavy atom. The maximum atomic E-state index is 12.5. The number of amides is 2. The Morgan fingerprint density at radius 3 is 2.45 bits per heavy atom. The zero-order chi connectivity index (χ0) is 14.7. The van der Waals surface area contributed by atoms with Crippen molar-refractivity contribution in [1.82, 2.24) is 10.2 Å². The summed E-state index contributed by atoms with van der Waals surface area (Å²) in [5.41, 5.74) is 0.511. The molecule has 3 rings (SSSR count). The first-order chi connectivity index (χ1) is 9.27. The summed E-state index contributed by atoms with van der Waals surface area (Å²) in [6.45, 7) is 7.03. The van der Waals surface area contributed by atoms with Crippen molar-refractivity contribution in [2.75, 3.05) is 7.05 Å². The van der Waals surface area contributed by atoms with E-state index in [1.165, 1.54) is 12.8 Å². The van der Waals surface area contributed by atoms with Crippen LogP contribution in [0.15, 0.2) is 0 Å². The van der Waals surface area contributed by atoms with E-state index in [0.717, 1.165) is 12.3 Å². The molecule has 112 valence electrons. The van der Waals surface area contributed by atoms with Gasteiger partial charge in [0.15, 0.2) is 0 Å². The quantitative estimate of drug-likeness (QED) is 0.839. The number of nitrogens with zero attached hydrogens (tertiary/aromatic N) is 1. The summed E-state index contributed by atoms with van der Waals surface area (Å²) in [6, 6.07) is 0.0150. The highest BCUT2D eigenvalue weighted by atomic mass is 16.2. The molecule has 0 aromatic heterocycles. The Labute approximate surface area is 121 Å². The number of hydrogen-bond acceptors (Lipinski definition) is 2. The van der Waals surface area contributed by atoms with Crippen LogP contribution in [0.25, 0.3) is 0 Å². The molecule has 1 saturated heterocycles. The predicted molar refractivity (Wildman–Crippen MR) is 77.0 cm³/mol. The molecule has 4 nitrogen and oxygen atoms in total. The molecule has 3 aliphatic rings. The van der Waals surface area contributed by atoms with Gasteiger partial charge in [0.25, 0.3) is 0 Å². The van der Waals surface area contributed by atoms with Gasteiger partial charge < -0.3 is 10.2 Å². The average molecular weight is 278 g/mol. The second-order valence-electron chi connectivity index (χ2n) is 7.73. The Morgan fingerprint density at radius 2 is 2.00 bits per heavy atom. The zero-order valence-corrected chi connectivity index (χ0v) is 13.0. The van der Waals surface area contributed by atoms with Crippen LogP contribution in [0.2, 0.25) is 0 Å². The lowest BCUT2D eigenvalue weighted by atomic mass is 9.69. The summed E-state index contributed by atoms with van der Waals surface area (Å²) in [6.07, 6.45) is 4.76. The van der Waals surface area contributed by atoms with Gasteiger partial charge in [-0.15, -0.1) is 0 Å². The van der Waals surface area contributed by atoms with Gasteiger partial charge in [-0.05, 0) is 42.4 Å². The van der Waals surface area contributed by atoms with Crippen LogP contribution in [-0.2, 0) is 9.59 Å². The topological polar surface area (TPSA) is 49.4 Å². The van der Waals surface area contributed by atoms with Gasteiger partial charge in [0.05, 0.1) is 0 Å². The number of fused-ring (bicyclic) bond motifs is 2. The number of carbonyl (C=O) groups excluding carboxylic acids is 2. The van der Waals surface area contributed by atoms with E-state index in [1.807, 2.05) is 0 Å². The third-order valence-corrected chi connectivity index (χ3v) is 6.91. The van der Waals surface area contributed by atoms with Crippen molar-refractivity contribution in [3.8, 4) is 0 Å². The van der Waals surface area contributed by atoms with Crippen molar-refractivity contribution >= 4 is 11.8 Å². The third kappa shape index (κ3) is 1.66. The fourth-order valence-electron chi connectivity index (χ4n) is 4.80. The number of likely N-dealkylation sites (tertiary alicyclic amines) is 1. The summed E-state index contributed by atoms with van der Waals surface area (Å²) in [7, 11) is 1.74. The van der Waals surface area contributed by atoms with E-state index in [9.17, 15) is 9.59 Å². The monoisotopic (exact) mass is 278 g/mol. The Balaban J connectivity index is 1.71. The van der Waals surface area contributed by atoms with Gasteiger partial charge in [-0.1, -0.05) is 20.8 Å². The molecule has 0 aromatic rings. The van der Waals surface area contributed by atoms with Crippen molar-refractivity contribution < 1.29 is 9.59 Å². The van der Waals surface area contributed by atoms with Gasteiger partial charge in [-0.2, -0.15) is 0 Å². The van der Waals surface area contributed by atoms with E-state index in [0.29, 0.717) is 18.3 Å². The molecule has 2 saturated carbocycles. The molecule has 2 amide bonds. The van der Waals surface area contributed by atoms with Crippen molar-refractivity contribution in [2.24, 2.45) is 16.7 Å². The first-order valence-corrected chi connectivity index (χ1v) is 7.83. The Kier molecular flexibility index (Phi) is 2.93. The highest BCUT2D eigenvalue weighted by molar-refractivity contribution is 5.90. The van der Waals surface area contributed by atoms with E-state index in [1.54, 1.807) is 11.9 Å². The van der Waals surface area contributed by atoms with Crippen molar-refractivity contribution in [1.29, 1.82) is 0 Å². The second kappa shape index (κ2) is 4.22. The molecule has 4 heteroatoms. The fourth-order valence-corrected chi connectivity index (χ4v) is 4.80. The maximum absolute atomic E-state index is 12.5. The largest absolute Gasteiger partial charge is 0.351 e. The number of likely N-dealkylation sites (N-methyl/N-ethyl adjacent to an activating group) is 1. The third-order valence-electron chi connectivity index (χ3n) is 6.91. The summed E-state index contributed by atoms with van der Waals surface area (Å²) in [4.78, 5) is 25.7. The van der Waals surface area contributed by atoms with Gasteiger partial charge in [0.2, 0.25) is 11.8 Å². The number of carbonyl (C=O) groups is 2. The molecular formula is C16H26N2O2. The molecule has 2 bridgehead atoms. The zero-order valence-electron chi connectivity index (χ0n) is 13.0. The Hall–Kier alpha value is -1.06. The van der Waals surface area contributed by atoms with Gasteiger partial charge in [-0.3, -0.25) is 9.59 Å². The average Bonchev–Trinajstić information content (AvgIpc) is 2.88. The molecule has 2 aliphatic carbocycles. The van der Waals surface area contributed by atoms with Crippen LogP contribution in [0.3, 0.4) is 0 Å². The standard InChI is InChI=1S/C16H26N2O2/c1-15(2)10-7-8-16(15,3)12(9-10)17-14(20)11-5-6-13(19)18(11)4/h10-12H,5-9H2,1-4H3,(H,17,20)/t10-,11+,12+,16-/m1/s1. The lowest BCUT2D eigenvalue weighted by Gasteiger charge is -2.40. The molecule has 4 atom stereocenters. The second-order valence-corrected chi connectivity index (χ2v) is 7.73. The fraction of sp³-hybridized carbons (Fsp3) is 0.875. The summed E-state index contributed by atoms with van der Waals surface area (Å²) in [5.74, 6) is 0.860. The number of rotatable bonds is 2. The van der Waals surface area contributed by atoms with Crippen LogP contribution < -0.4 is 5.32 Å². The minimum Gasteiger partial charge on any atom is -0.351 e. The Bertz CT molecular complexity index is 459. The molecular weight excluding hydrogens is 252 g/mol.